The van der Waals surface area contributed by atoms with Gasteiger partial charge in [0, 0.05) is 12.6 Å². The maximum atomic E-state index is 5.51. The zero-order valence-corrected chi connectivity index (χ0v) is 7.01. The third-order valence-electron chi connectivity index (χ3n) is 2.17. The fourth-order valence-electron chi connectivity index (χ4n) is 1.23. The summed E-state index contributed by atoms with van der Waals surface area (Å²) in [5, 5.41) is 0. The first-order valence-corrected chi connectivity index (χ1v) is 4.14. The summed E-state index contributed by atoms with van der Waals surface area (Å²) in [5.41, 5.74) is 5.51. The van der Waals surface area contributed by atoms with E-state index in [0.717, 1.165) is 12.6 Å². The van der Waals surface area contributed by atoms with Crippen molar-refractivity contribution in [3.05, 3.63) is 0 Å². The van der Waals surface area contributed by atoms with E-state index in [0.29, 0.717) is 5.92 Å². The van der Waals surface area contributed by atoms with Gasteiger partial charge in [-0.3, -0.25) is 0 Å². The molecule has 0 saturated heterocycles. The summed E-state index contributed by atoms with van der Waals surface area (Å²) in [6.07, 6.45) is 2.79. The molecule has 1 unspecified atom stereocenters. The molecule has 2 nitrogen and oxygen atoms in total. The fraction of sp³-hybridized carbons (Fsp3) is 1.00. The Kier molecular flexibility index (Phi) is 2.69. The van der Waals surface area contributed by atoms with Gasteiger partial charge in [-0.15, -0.1) is 0 Å². The van der Waals surface area contributed by atoms with E-state index in [4.69, 9.17) is 5.73 Å². The van der Waals surface area contributed by atoms with Gasteiger partial charge in [-0.25, -0.2) is 0 Å². The van der Waals surface area contributed by atoms with E-state index in [-0.39, 0.29) is 0 Å². The smallest absolute Gasteiger partial charge is 0.00934 e. The molecule has 1 rings (SSSR count). The predicted molar refractivity (Wildman–Crippen MR) is 43.9 cm³/mol. The van der Waals surface area contributed by atoms with Crippen LogP contribution in [0.2, 0.25) is 0 Å². The standard InChI is InChI=1S/C8H18N2/c1-7(5-9)6-10(2)8-3-4-8/h7-8H,3-6,9H2,1-2H3. The molecule has 0 aromatic carbocycles. The van der Waals surface area contributed by atoms with Crippen molar-refractivity contribution in [1.29, 1.82) is 0 Å². The van der Waals surface area contributed by atoms with Crippen LogP contribution in [0.15, 0.2) is 0 Å². The molecule has 0 radical (unpaired) electrons. The second-order valence-corrected chi connectivity index (χ2v) is 3.51. The molecule has 2 N–H and O–H groups in total. The molecule has 0 heterocycles. The van der Waals surface area contributed by atoms with Crippen LogP contribution in [0.5, 0.6) is 0 Å². The number of nitrogens with two attached hydrogens (primary N) is 1. The Hall–Kier alpha value is -0.0800. The zero-order valence-electron chi connectivity index (χ0n) is 7.01. The highest BCUT2D eigenvalue weighted by Gasteiger charge is 2.26. The van der Waals surface area contributed by atoms with Gasteiger partial charge in [-0.2, -0.15) is 0 Å². The van der Waals surface area contributed by atoms with Gasteiger partial charge >= 0.3 is 0 Å². The maximum Gasteiger partial charge on any atom is 0.00934 e. The average molecular weight is 142 g/mol. The van der Waals surface area contributed by atoms with Crippen LogP contribution in [0.25, 0.3) is 0 Å². The lowest BCUT2D eigenvalue weighted by Crippen LogP contribution is -2.29. The van der Waals surface area contributed by atoms with Gasteiger partial charge in [0.25, 0.3) is 0 Å². The van der Waals surface area contributed by atoms with E-state index in [9.17, 15) is 0 Å². The lowest BCUT2D eigenvalue weighted by Gasteiger charge is -2.19. The Morgan fingerprint density at radius 1 is 1.60 bits per heavy atom. The lowest BCUT2D eigenvalue weighted by molar-refractivity contribution is 0.280. The summed E-state index contributed by atoms with van der Waals surface area (Å²) in [6, 6.07) is 0.883. The lowest BCUT2D eigenvalue weighted by atomic mass is 10.2. The first-order valence-electron chi connectivity index (χ1n) is 4.14. The first-order chi connectivity index (χ1) is 4.74. The van der Waals surface area contributed by atoms with Crippen LogP contribution in [0.3, 0.4) is 0 Å². The maximum absolute atomic E-state index is 5.51. The largest absolute Gasteiger partial charge is 0.330 e. The molecule has 2 heteroatoms. The normalized spacial score (nSPS) is 21.6. The van der Waals surface area contributed by atoms with Crippen LogP contribution in [-0.2, 0) is 0 Å². The molecule has 1 fully saturated rings. The molecule has 1 atom stereocenters. The minimum absolute atomic E-state index is 0.658. The van der Waals surface area contributed by atoms with Crippen molar-refractivity contribution in [2.75, 3.05) is 20.1 Å². The molecular weight excluding hydrogens is 124 g/mol. The first kappa shape index (κ1) is 8.02. The average Bonchev–Trinajstić information content (AvgIpc) is 2.68. The van der Waals surface area contributed by atoms with Gasteiger partial charge in [0.2, 0.25) is 0 Å². The van der Waals surface area contributed by atoms with Crippen molar-refractivity contribution < 1.29 is 0 Å². The summed E-state index contributed by atoms with van der Waals surface area (Å²) in [6.45, 7) is 4.19. The molecule has 1 aliphatic rings. The molecular formula is C8H18N2. The molecule has 0 aromatic heterocycles. The van der Waals surface area contributed by atoms with E-state index in [1.54, 1.807) is 0 Å². The van der Waals surface area contributed by atoms with Crippen LogP contribution in [0.4, 0.5) is 0 Å². The molecule has 1 aliphatic carbocycles. The summed E-state index contributed by atoms with van der Waals surface area (Å²) in [4.78, 5) is 2.43. The minimum atomic E-state index is 0.658. The van der Waals surface area contributed by atoms with Crippen LogP contribution in [0, 0.1) is 5.92 Å². The Balaban J connectivity index is 2.10. The second-order valence-electron chi connectivity index (χ2n) is 3.51. The topological polar surface area (TPSA) is 29.3 Å². The van der Waals surface area contributed by atoms with Crippen LogP contribution in [0.1, 0.15) is 19.8 Å². The molecule has 10 heavy (non-hydrogen) atoms. The Bertz CT molecular complexity index is 99.4. The third-order valence-corrected chi connectivity index (χ3v) is 2.17. The SMILES string of the molecule is CC(CN)CN(C)C1CC1. The highest BCUT2D eigenvalue weighted by molar-refractivity contribution is 4.82. The van der Waals surface area contributed by atoms with E-state index < -0.39 is 0 Å². The highest BCUT2D eigenvalue weighted by Crippen LogP contribution is 2.25. The van der Waals surface area contributed by atoms with Crippen LogP contribution >= 0.6 is 0 Å². The molecule has 0 spiro atoms. The zero-order chi connectivity index (χ0) is 7.56. The van der Waals surface area contributed by atoms with Gasteiger partial charge < -0.3 is 10.6 Å². The van der Waals surface area contributed by atoms with Crippen molar-refractivity contribution in [2.45, 2.75) is 25.8 Å². The second kappa shape index (κ2) is 3.35. The summed E-state index contributed by atoms with van der Waals surface area (Å²) in [5.74, 6) is 0.658. The summed E-state index contributed by atoms with van der Waals surface area (Å²) in [7, 11) is 2.20. The number of hydrogen-bond acceptors (Lipinski definition) is 2. The summed E-state index contributed by atoms with van der Waals surface area (Å²) < 4.78 is 0. The molecule has 0 aromatic rings. The number of nitrogens with zero attached hydrogens (tertiary/aromatic N) is 1. The molecule has 1 saturated carbocycles. The van der Waals surface area contributed by atoms with Gasteiger partial charge in [0.1, 0.15) is 0 Å². The number of rotatable bonds is 4. The van der Waals surface area contributed by atoms with E-state index in [1.165, 1.54) is 19.4 Å². The minimum Gasteiger partial charge on any atom is -0.330 e. The molecule has 60 valence electrons. The Labute approximate surface area is 63.4 Å². The third kappa shape index (κ3) is 2.27. The van der Waals surface area contributed by atoms with Crippen molar-refractivity contribution in [3.63, 3.8) is 0 Å². The van der Waals surface area contributed by atoms with E-state index >= 15 is 0 Å². The van der Waals surface area contributed by atoms with Crippen molar-refractivity contribution in [3.8, 4) is 0 Å². The van der Waals surface area contributed by atoms with Gasteiger partial charge in [-0.05, 0) is 32.4 Å². The van der Waals surface area contributed by atoms with Gasteiger partial charge in [0.15, 0.2) is 0 Å². The predicted octanol–water partition coefficient (Wildman–Crippen LogP) is 0.675. The van der Waals surface area contributed by atoms with Crippen molar-refractivity contribution in [2.24, 2.45) is 11.7 Å². The van der Waals surface area contributed by atoms with Crippen LogP contribution in [-0.4, -0.2) is 31.1 Å². The monoisotopic (exact) mass is 142 g/mol. The van der Waals surface area contributed by atoms with E-state index in [2.05, 4.69) is 18.9 Å². The Morgan fingerprint density at radius 2 is 2.20 bits per heavy atom. The summed E-state index contributed by atoms with van der Waals surface area (Å²) >= 11 is 0. The van der Waals surface area contributed by atoms with Gasteiger partial charge in [0.05, 0.1) is 0 Å². The highest BCUT2D eigenvalue weighted by atomic mass is 15.2. The van der Waals surface area contributed by atoms with E-state index in [1.807, 2.05) is 0 Å². The fourth-order valence-corrected chi connectivity index (χ4v) is 1.23. The molecule has 0 amide bonds. The number of hydrogen-bond donors (Lipinski definition) is 1. The Morgan fingerprint density at radius 3 is 2.60 bits per heavy atom. The quantitative estimate of drug-likeness (QED) is 0.625. The molecule has 0 aliphatic heterocycles. The van der Waals surface area contributed by atoms with Crippen molar-refractivity contribution in [1.82, 2.24) is 4.90 Å². The molecule has 0 bridgehead atoms. The van der Waals surface area contributed by atoms with Crippen molar-refractivity contribution >= 4 is 0 Å². The van der Waals surface area contributed by atoms with Gasteiger partial charge in [-0.1, -0.05) is 6.92 Å². The van der Waals surface area contributed by atoms with Crippen LogP contribution < -0.4 is 5.73 Å².